The van der Waals surface area contributed by atoms with Gasteiger partial charge in [0.25, 0.3) is 0 Å². The molecule has 1 saturated heterocycles. The second-order valence-corrected chi connectivity index (χ2v) is 8.02. The van der Waals surface area contributed by atoms with Crippen LogP contribution < -0.4 is 0 Å². The lowest BCUT2D eigenvalue weighted by Crippen LogP contribution is -2.25. The molecule has 0 spiro atoms. The molecule has 1 aromatic carbocycles. The van der Waals surface area contributed by atoms with Gasteiger partial charge in [0, 0.05) is 41.8 Å². The van der Waals surface area contributed by atoms with Crippen molar-refractivity contribution in [3.05, 3.63) is 41.0 Å². The Morgan fingerprint density at radius 1 is 1.19 bits per heavy atom. The van der Waals surface area contributed by atoms with Crippen molar-refractivity contribution in [2.75, 3.05) is 13.2 Å². The maximum Gasteiger partial charge on any atom is 0.169 e. The van der Waals surface area contributed by atoms with Crippen molar-refractivity contribution in [3.63, 3.8) is 0 Å². The number of halogens is 1. The van der Waals surface area contributed by atoms with Gasteiger partial charge in [0.15, 0.2) is 17.6 Å². The standard InChI is InChI=1S/C21H23ClN2O3/c1-13-10-18(15-2-4-17(22)5-3-15)23-24(13)20-19(25)12-16(21(20)26)11-14-6-8-27-9-7-14/h2-5,10,14,16,20H,6-9,11-12H2,1H3. The fourth-order valence-electron chi connectivity index (χ4n) is 4.19. The van der Waals surface area contributed by atoms with Crippen LogP contribution in [0.2, 0.25) is 5.02 Å². The van der Waals surface area contributed by atoms with E-state index in [1.54, 1.807) is 16.8 Å². The third-order valence-corrected chi connectivity index (χ3v) is 5.94. The second-order valence-electron chi connectivity index (χ2n) is 7.59. The molecule has 5 nitrogen and oxygen atoms in total. The lowest BCUT2D eigenvalue weighted by Gasteiger charge is -2.24. The maximum absolute atomic E-state index is 13.0. The predicted molar refractivity (Wildman–Crippen MR) is 103 cm³/mol. The van der Waals surface area contributed by atoms with Crippen molar-refractivity contribution < 1.29 is 14.3 Å². The zero-order chi connectivity index (χ0) is 19.0. The minimum atomic E-state index is -0.782. The Kier molecular flexibility index (Phi) is 5.15. The predicted octanol–water partition coefficient (Wildman–Crippen LogP) is 4.03. The van der Waals surface area contributed by atoms with Gasteiger partial charge in [-0.1, -0.05) is 23.7 Å². The van der Waals surface area contributed by atoms with Crippen LogP contribution in [0.5, 0.6) is 0 Å². The molecule has 0 radical (unpaired) electrons. The summed E-state index contributed by atoms with van der Waals surface area (Å²) in [4.78, 5) is 25.7. The summed E-state index contributed by atoms with van der Waals surface area (Å²) < 4.78 is 7.01. The van der Waals surface area contributed by atoms with Crippen LogP contribution in [-0.2, 0) is 14.3 Å². The average molecular weight is 387 g/mol. The summed E-state index contributed by atoms with van der Waals surface area (Å²) in [6.07, 6.45) is 3.07. The van der Waals surface area contributed by atoms with Gasteiger partial charge in [-0.2, -0.15) is 5.10 Å². The molecule has 1 saturated carbocycles. The molecule has 142 valence electrons. The molecule has 1 aliphatic carbocycles. The lowest BCUT2D eigenvalue weighted by molar-refractivity contribution is -0.127. The molecule has 2 aromatic rings. The van der Waals surface area contributed by atoms with E-state index in [0.717, 1.165) is 49.4 Å². The Balaban J connectivity index is 1.55. The van der Waals surface area contributed by atoms with Crippen LogP contribution >= 0.6 is 11.6 Å². The van der Waals surface area contributed by atoms with E-state index >= 15 is 0 Å². The lowest BCUT2D eigenvalue weighted by atomic mass is 9.87. The fourth-order valence-corrected chi connectivity index (χ4v) is 4.31. The second kappa shape index (κ2) is 7.56. The van der Waals surface area contributed by atoms with E-state index in [1.165, 1.54) is 0 Å². The van der Waals surface area contributed by atoms with E-state index in [-0.39, 0.29) is 17.5 Å². The molecule has 0 bridgehead atoms. The van der Waals surface area contributed by atoms with Gasteiger partial charge >= 0.3 is 0 Å². The van der Waals surface area contributed by atoms with E-state index in [0.29, 0.717) is 17.4 Å². The molecule has 2 unspecified atom stereocenters. The number of Topliss-reactive ketones (excluding diaryl/α,β-unsaturated/α-hetero) is 2. The highest BCUT2D eigenvalue weighted by atomic mass is 35.5. The van der Waals surface area contributed by atoms with Crippen molar-refractivity contribution >= 4 is 23.2 Å². The number of carbonyl (C=O) groups excluding carboxylic acids is 2. The van der Waals surface area contributed by atoms with Gasteiger partial charge in [-0.15, -0.1) is 0 Å². The molecular weight excluding hydrogens is 364 g/mol. The summed E-state index contributed by atoms with van der Waals surface area (Å²) in [5, 5.41) is 5.24. The van der Waals surface area contributed by atoms with Crippen LogP contribution in [0, 0.1) is 18.8 Å². The van der Waals surface area contributed by atoms with Gasteiger partial charge < -0.3 is 4.74 Å². The Hall–Kier alpha value is -1.98. The molecule has 2 fully saturated rings. The monoisotopic (exact) mass is 386 g/mol. The van der Waals surface area contributed by atoms with E-state index in [1.807, 2.05) is 25.1 Å². The molecule has 2 atom stereocenters. The van der Waals surface area contributed by atoms with Crippen LogP contribution in [0.15, 0.2) is 30.3 Å². The Morgan fingerprint density at radius 2 is 1.89 bits per heavy atom. The Morgan fingerprint density at radius 3 is 2.59 bits per heavy atom. The van der Waals surface area contributed by atoms with Gasteiger partial charge in [0.2, 0.25) is 0 Å². The van der Waals surface area contributed by atoms with E-state index in [2.05, 4.69) is 5.10 Å². The summed E-state index contributed by atoms with van der Waals surface area (Å²) >= 11 is 5.95. The van der Waals surface area contributed by atoms with Crippen LogP contribution in [0.25, 0.3) is 11.3 Å². The number of hydrogen-bond acceptors (Lipinski definition) is 4. The van der Waals surface area contributed by atoms with E-state index in [4.69, 9.17) is 16.3 Å². The number of nitrogens with zero attached hydrogens (tertiary/aromatic N) is 2. The summed E-state index contributed by atoms with van der Waals surface area (Å²) in [6, 6.07) is 8.52. The minimum absolute atomic E-state index is 0.0142. The highest BCUT2D eigenvalue weighted by molar-refractivity contribution is 6.30. The van der Waals surface area contributed by atoms with Crippen molar-refractivity contribution in [3.8, 4) is 11.3 Å². The van der Waals surface area contributed by atoms with Gasteiger partial charge in [-0.3, -0.25) is 14.3 Å². The molecule has 0 amide bonds. The Labute approximate surface area is 163 Å². The van der Waals surface area contributed by atoms with Gasteiger partial charge in [0.1, 0.15) is 0 Å². The first-order valence-electron chi connectivity index (χ1n) is 9.49. The molecule has 2 aliphatic rings. The van der Waals surface area contributed by atoms with Crippen LogP contribution in [0.4, 0.5) is 0 Å². The molecule has 1 aromatic heterocycles. The number of ketones is 2. The quantitative estimate of drug-likeness (QED) is 0.744. The number of aromatic nitrogens is 2. The number of aryl methyl sites for hydroxylation is 1. The van der Waals surface area contributed by atoms with E-state index in [9.17, 15) is 9.59 Å². The number of hydrogen-bond donors (Lipinski definition) is 0. The first-order chi connectivity index (χ1) is 13.0. The number of rotatable bonds is 4. The number of benzene rings is 1. The molecule has 1 aliphatic heterocycles. The topological polar surface area (TPSA) is 61.2 Å². The largest absolute Gasteiger partial charge is 0.381 e. The van der Waals surface area contributed by atoms with E-state index < -0.39 is 6.04 Å². The first-order valence-corrected chi connectivity index (χ1v) is 9.87. The fraction of sp³-hybridized carbons (Fsp3) is 0.476. The first kappa shape index (κ1) is 18.4. The van der Waals surface area contributed by atoms with Crippen LogP contribution in [0.3, 0.4) is 0 Å². The van der Waals surface area contributed by atoms with Gasteiger partial charge in [-0.05, 0) is 50.3 Å². The highest BCUT2D eigenvalue weighted by Crippen LogP contribution is 2.36. The molecular formula is C21H23ClN2O3. The zero-order valence-corrected chi connectivity index (χ0v) is 16.1. The van der Waals surface area contributed by atoms with Crippen LogP contribution in [0.1, 0.15) is 37.4 Å². The van der Waals surface area contributed by atoms with Crippen molar-refractivity contribution in [2.45, 2.75) is 38.6 Å². The molecule has 4 rings (SSSR count). The maximum atomic E-state index is 13.0. The molecule has 6 heteroatoms. The van der Waals surface area contributed by atoms with Crippen molar-refractivity contribution in [2.24, 2.45) is 11.8 Å². The number of ether oxygens (including phenoxy) is 1. The summed E-state index contributed by atoms with van der Waals surface area (Å²) in [5.41, 5.74) is 2.48. The SMILES string of the molecule is Cc1cc(-c2ccc(Cl)cc2)nn1C1C(=O)CC(CC2CCOCC2)C1=O. The van der Waals surface area contributed by atoms with Gasteiger partial charge in [-0.25, -0.2) is 0 Å². The molecule has 0 N–H and O–H groups in total. The van der Waals surface area contributed by atoms with Crippen molar-refractivity contribution in [1.29, 1.82) is 0 Å². The zero-order valence-electron chi connectivity index (χ0n) is 15.4. The highest BCUT2D eigenvalue weighted by Gasteiger charge is 2.44. The summed E-state index contributed by atoms with van der Waals surface area (Å²) in [6.45, 7) is 3.40. The van der Waals surface area contributed by atoms with Gasteiger partial charge in [0.05, 0.1) is 5.69 Å². The normalized spacial score (nSPS) is 23.9. The summed E-state index contributed by atoms with van der Waals surface area (Å²) in [7, 11) is 0. The molecule has 2 heterocycles. The third kappa shape index (κ3) is 3.71. The van der Waals surface area contributed by atoms with Crippen molar-refractivity contribution in [1.82, 2.24) is 9.78 Å². The smallest absolute Gasteiger partial charge is 0.169 e. The summed E-state index contributed by atoms with van der Waals surface area (Å²) in [5.74, 6) is 0.280. The van der Waals surface area contributed by atoms with Crippen LogP contribution in [-0.4, -0.2) is 34.6 Å². The third-order valence-electron chi connectivity index (χ3n) is 5.69. The molecule has 27 heavy (non-hydrogen) atoms. The minimum Gasteiger partial charge on any atom is -0.381 e. The average Bonchev–Trinajstić information content (AvgIpc) is 3.16. The Bertz CT molecular complexity index is 853. The number of carbonyl (C=O) groups is 2.